The normalized spacial score (nSPS) is 14.0. The van der Waals surface area contributed by atoms with E-state index in [0.717, 1.165) is 5.56 Å². The molecular weight excluding hydrogens is 360 g/mol. The summed E-state index contributed by atoms with van der Waals surface area (Å²) < 4.78 is 21.6. The molecular formula is C22H22O6. The third-order valence-corrected chi connectivity index (χ3v) is 4.09. The Hall–Kier alpha value is -3.28. The van der Waals surface area contributed by atoms with Crippen molar-refractivity contribution < 1.29 is 28.5 Å². The van der Waals surface area contributed by atoms with Crippen molar-refractivity contribution in [3.63, 3.8) is 0 Å². The summed E-state index contributed by atoms with van der Waals surface area (Å²) in [5.41, 5.74) is 1.93. The van der Waals surface area contributed by atoms with Gasteiger partial charge in [0.15, 0.2) is 12.4 Å². The average molecular weight is 382 g/mol. The third kappa shape index (κ3) is 4.17. The van der Waals surface area contributed by atoms with Crippen LogP contribution in [0.5, 0.6) is 17.2 Å². The summed E-state index contributed by atoms with van der Waals surface area (Å²) in [6.07, 6.45) is 1.45. The molecule has 6 nitrogen and oxygen atoms in total. The van der Waals surface area contributed by atoms with Crippen LogP contribution in [0.3, 0.4) is 0 Å². The van der Waals surface area contributed by atoms with Crippen LogP contribution < -0.4 is 14.2 Å². The van der Waals surface area contributed by atoms with Crippen molar-refractivity contribution in [1.82, 2.24) is 0 Å². The molecule has 3 rings (SSSR count). The van der Waals surface area contributed by atoms with E-state index in [2.05, 4.69) is 0 Å². The first-order valence-electron chi connectivity index (χ1n) is 8.93. The van der Waals surface area contributed by atoms with Gasteiger partial charge in [-0.15, -0.1) is 0 Å². The summed E-state index contributed by atoms with van der Waals surface area (Å²) in [5, 5.41) is 0. The Labute approximate surface area is 163 Å². The molecule has 0 bridgehead atoms. The third-order valence-electron chi connectivity index (χ3n) is 4.09. The maximum absolute atomic E-state index is 12.8. The lowest BCUT2D eigenvalue weighted by Gasteiger charge is -2.10. The van der Waals surface area contributed by atoms with Crippen molar-refractivity contribution >= 4 is 17.8 Å². The number of aryl methyl sites for hydroxylation is 1. The first-order chi connectivity index (χ1) is 13.4. The monoisotopic (exact) mass is 382 g/mol. The second-order valence-electron chi connectivity index (χ2n) is 6.62. The smallest absolute Gasteiger partial charge is 0.344 e. The number of carbonyl (C=O) groups excluding carboxylic acids is 2. The van der Waals surface area contributed by atoms with Crippen LogP contribution in [0.2, 0.25) is 0 Å². The fraction of sp³-hybridized carbons (Fsp3) is 0.273. The Morgan fingerprint density at radius 1 is 1.21 bits per heavy atom. The summed E-state index contributed by atoms with van der Waals surface area (Å²) >= 11 is 0. The molecule has 0 radical (unpaired) electrons. The predicted octanol–water partition coefficient (Wildman–Crippen LogP) is 3.95. The molecule has 6 heteroatoms. The van der Waals surface area contributed by atoms with Gasteiger partial charge in [-0.3, -0.25) is 4.79 Å². The number of allylic oxidation sites excluding steroid dienone is 1. The van der Waals surface area contributed by atoms with Gasteiger partial charge in [0.2, 0.25) is 5.78 Å². The topological polar surface area (TPSA) is 71.1 Å². The van der Waals surface area contributed by atoms with Gasteiger partial charge in [0.05, 0.1) is 18.8 Å². The molecule has 0 spiro atoms. The minimum atomic E-state index is -0.457. The molecule has 2 aromatic carbocycles. The number of ether oxygens (including phenoxy) is 4. The molecule has 0 aliphatic carbocycles. The molecule has 1 heterocycles. The Morgan fingerprint density at radius 3 is 2.68 bits per heavy atom. The number of hydrogen-bond donors (Lipinski definition) is 0. The highest BCUT2D eigenvalue weighted by atomic mass is 16.6. The second-order valence-corrected chi connectivity index (χ2v) is 6.62. The number of benzene rings is 2. The Morgan fingerprint density at radius 2 is 1.96 bits per heavy atom. The molecule has 0 atom stereocenters. The Balaban J connectivity index is 1.82. The zero-order chi connectivity index (χ0) is 20.3. The molecule has 146 valence electrons. The molecule has 0 aromatic heterocycles. The predicted molar refractivity (Wildman–Crippen MR) is 104 cm³/mol. The van der Waals surface area contributed by atoms with E-state index < -0.39 is 5.97 Å². The van der Waals surface area contributed by atoms with Gasteiger partial charge in [-0.05, 0) is 44.5 Å². The highest BCUT2D eigenvalue weighted by molar-refractivity contribution is 6.15. The zero-order valence-corrected chi connectivity index (χ0v) is 16.3. The largest absolute Gasteiger partial charge is 0.496 e. The summed E-state index contributed by atoms with van der Waals surface area (Å²) in [6.45, 7) is 5.12. The van der Waals surface area contributed by atoms with Gasteiger partial charge in [0.25, 0.3) is 0 Å². The number of esters is 1. The molecule has 1 aliphatic heterocycles. The summed E-state index contributed by atoms with van der Waals surface area (Å²) in [7, 11) is 1.57. The summed E-state index contributed by atoms with van der Waals surface area (Å²) in [4.78, 5) is 24.4. The van der Waals surface area contributed by atoms with E-state index in [-0.39, 0.29) is 24.3 Å². The van der Waals surface area contributed by atoms with Crippen molar-refractivity contribution in [1.29, 1.82) is 0 Å². The summed E-state index contributed by atoms with van der Waals surface area (Å²) in [5.74, 6) is 1.03. The van der Waals surface area contributed by atoms with Crippen LogP contribution >= 0.6 is 0 Å². The fourth-order valence-electron chi connectivity index (χ4n) is 2.93. The number of rotatable bonds is 6. The minimum Gasteiger partial charge on any atom is -0.496 e. The molecule has 0 fully saturated rings. The number of Topliss-reactive ketones (excluding diaryl/α,β-unsaturated/α-hetero) is 1. The van der Waals surface area contributed by atoms with Gasteiger partial charge in [0, 0.05) is 11.6 Å². The lowest BCUT2D eigenvalue weighted by atomic mass is 10.0. The van der Waals surface area contributed by atoms with E-state index >= 15 is 0 Å². The molecule has 28 heavy (non-hydrogen) atoms. The van der Waals surface area contributed by atoms with E-state index in [1.165, 1.54) is 0 Å². The molecule has 2 aromatic rings. The standard InChI is InChI=1S/C22H22O6/c1-13(2)27-20(23)12-26-16-9-14(3)21-18(11-16)28-19(22(21)24)10-15-7-5-6-8-17(15)25-4/h5-11,13H,12H2,1-4H3/b19-10-. The van der Waals surface area contributed by atoms with Crippen molar-refractivity contribution in [2.24, 2.45) is 0 Å². The van der Waals surface area contributed by atoms with Crippen LogP contribution in [0.4, 0.5) is 0 Å². The highest BCUT2D eigenvalue weighted by Gasteiger charge is 2.30. The Bertz CT molecular complexity index is 942. The molecule has 0 saturated heterocycles. The number of para-hydroxylation sites is 1. The first kappa shape index (κ1) is 19.5. The fourth-order valence-corrected chi connectivity index (χ4v) is 2.93. The number of methoxy groups -OCH3 is 1. The van der Waals surface area contributed by atoms with E-state index in [1.54, 1.807) is 46.1 Å². The van der Waals surface area contributed by atoms with Gasteiger partial charge >= 0.3 is 5.97 Å². The lowest BCUT2D eigenvalue weighted by molar-refractivity contribution is -0.149. The van der Waals surface area contributed by atoms with E-state index in [0.29, 0.717) is 28.4 Å². The van der Waals surface area contributed by atoms with Crippen molar-refractivity contribution in [2.75, 3.05) is 13.7 Å². The average Bonchev–Trinajstić information content (AvgIpc) is 2.96. The van der Waals surface area contributed by atoms with Gasteiger partial charge < -0.3 is 18.9 Å². The number of ketones is 1. The van der Waals surface area contributed by atoms with Crippen molar-refractivity contribution in [3.8, 4) is 17.2 Å². The first-order valence-corrected chi connectivity index (χ1v) is 8.93. The number of hydrogen-bond acceptors (Lipinski definition) is 6. The minimum absolute atomic E-state index is 0.204. The summed E-state index contributed by atoms with van der Waals surface area (Å²) in [6, 6.07) is 10.7. The van der Waals surface area contributed by atoms with E-state index in [9.17, 15) is 9.59 Å². The maximum atomic E-state index is 12.8. The SMILES string of the molecule is COc1ccccc1/C=C1\Oc2cc(OCC(=O)OC(C)C)cc(C)c2C1=O. The van der Waals surface area contributed by atoms with Crippen LogP contribution in [0.15, 0.2) is 42.2 Å². The molecule has 0 amide bonds. The quantitative estimate of drug-likeness (QED) is 0.556. The van der Waals surface area contributed by atoms with Gasteiger partial charge in [-0.1, -0.05) is 18.2 Å². The molecule has 1 aliphatic rings. The lowest BCUT2D eigenvalue weighted by Crippen LogP contribution is -2.18. The van der Waals surface area contributed by atoms with Crippen molar-refractivity contribution in [2.45, 2.75) is 26.9 Å². The van der Waals surface area contributed by atoms with E-state index in [1.807, 2.05) is 24.3 Å². The van der Waals surface area contributed by atoms with Crippen LogP contribution in [-0.4, -0.2) is 31.6 Å². The van der Waals surface area contributed by atoms with Crippen molar-refractivity contribution in [3.05, 3.63) is 58.8 Å². The van der Waals surface area contributed by atoms with Gasteiger partial charge in [0.1, 0.15) is 17.2 Å². The number of carbonyl (C=O) groups is 2. The van der Waals surface area contributed by atoms with E-state index in [4.69, 9.17) is 18.9 Å². The molecule has 0 N–H and O–H groups in total. The van der Waals surface area contributed by atoms with Gasteiger partial charge in [-0.2, -0.15) is 0 Å². The Kier molecular flexibility index (Phi) is 5.68. The van der Waals surface area contributed by atoms with Crippen LogP contribution in [0, 0.1) is 6.92 Å². The van der Waals surface area contributed by atoms with Gasteiger partial charge in [-0.25, -0.2) is 4.79 Å². The second kappa shape index (κ2) is 8.17. The molecule has 0 saturated carbocycles. The molecule has 0 unspecified atom stereocenters. The van der Waals surface area contributed by atoms with Crippen LogP contribution in [0.1, 0.15) is 35.3 Å². The maximum Gasteiger partial charge on any atom is 0.344 e. The number of fused-ring (bicyclic) bond motifs is 1. The zero-order valence-electron chi connectivity index (χ0n) is 16.3. The van der Waals surface area contributed by atoms with Crippen LogP contribution in [-0.2, 0) is 9.53 Å². The van der Waals surface area contributed by atoms with Crippen LogP contribution in [0.25, 0.3) is 6.08 Å². The highest BCUT2D eigenvalue weighted by Crippen LogP contribution is 2.38.